The summed E-state index contributed by atoms with van der Waals surface area (Å²) in [4.78, 5) is 11.8. The quantitative estimate of drug-likeness (QED) is 0.687. The molecule has 0 aliphatic rings. The Balaban J connectivity index is 3.80. The van der Waals surface area contributed by atoms with Crippen LogP contribution < -0.4 is 10.6 Å². The first-order valence-electron chi connectivity index (χ1n) is 6.86. The van der Waals surface area contributed by atoms with Gasteiger partial charge in [0.05, 0.1) is 6.04 Å². The van der Waals surface area contributed by atoms with Crippen molar-refractivity contribution in [2.45, 2.75) is 66.5 Å². The molecular formula is C14H30N2O. The molecule has 0 radical (unpaired) electrons. The molecule has 17 heavy (non-hydrogen) atoms. The van der Waals surface area contributed by atoms with E-state index in [0.717, 1.165) is 19.4 Å². The minimum Gasteiger partial charge on any atom is -0.355 e. The molecule has 3 nitrogen and oxygen atoms in total. The number of hydrogen-bond acceptors (Lipinski definition) is 2. The van der Waals surface area contributed by atoms with Crippen LogP contribution in [0.25, 0.3) is 0 Å². The first kappa shape index (κ1) is 16.4. The monoisotopic (exact) mass is 242 g/mol. The van der Waals surface area contributed by atoms with Crippen LogP contribution in [0.1, 0.15) is 54.4 Å². The van der Waals surface area contributed by atoms with E-state index in [1.165, 1.54) is 0 Å². The first-order chi connectivity index (χ1) is 7.82. The van der Waals surface area contributed by atoms with E-state index in [4.69, 9.17) is 0 Å². The molecule has 3 heteroatoms. The van der Waals surface area contributed by atoms with E-state index >= 15 is 0 Å². The van der Waals surface area contributed by atoms with Gasteiger partial charge < -0.3 is 10.6 Å². The Bertz CT molecular complexity index is 214. The summed E-state index contributed by atoms with van der Waals surface area (Å²) in [5.41, 5.74) is 0. The normalized spacial score (nSPS) is 15.1. The van der Waals surface area contributed by atoms with Gasteiger partial charge in [-0.1, -0.05) is 27.7 Å². The van der Waals surface area contributed by atoms with Gasteiger partial charge in [0, 0.05) is 12.6 Å². The van der Waals surface area contributed by atoms with Crippen LogP contribution in [-0.4, -0.2) is 24.5 Å². The Morgan fingerprint density at radius 1 is 1.00 bits per heavy atom. The Morgan fingerprint density at radius 3 is 2.06 bits per heavy atom. The van der Waals surface area contributed by atoms with Gasteiger partial charge in [-0.05, 0) is 38.5 Å². The standard InChI is InChI=1S/C14H30N2O/c1-10(2)7-8-15-14(17)13(6)16-12(5)9-11(3)4/h10-13,16H,7-9H2,1-6H3,(H,15,17). The molecule has 0 aromatic carbocycles. The van der Waals surface area contributed by atoms with Crippen LogP contribution in [0.4, 0.5) is 0 Å². The van der Waals surface area contributed by atoms with Gasteiger partial charge in [0.1, 0.15) is 0 Å². The van der Waals surface area contributed by atoms with Gasteiger partial charge in [0.15, 0.2) is 0 Å². The van der Waals surface area contributed by atoms with E-state index in [1.54, 1.807) is 0 Å². The zero-order valence-electron chi connectivity index (χ0n) is 12.3. The van der Waals surface area contributed by atoms with Crippen LogP contribution in [0.5, 0.6) is 0 Å². The highest BCUT2D eigenvalue weighted by molar-refractivity contribution is 5.81. The third-order valence-electron chi connectivity index (χ3n) is 2.77. The fraction of sp³-hybridized carbons (Fsp3) is 0.929. The lowest BCUT2D eigenvalue weighted by atomic mass is 10.0. The van der Waals surface area contributed by atoms with Gasteiger partial charge >= 0.3 is 0 Å². The Morgan fingerprint density at radius 2 is 1.59 bits per heavy atom. The zero-order valence-corrected chi connectivity index (χ0v) is 12.3. The highest BCUT2D eigenvalue weighted by atomic mass is 16.2. The lowest BCUT2D eigenvalue weighted by Gasteiger charge is -2.21. The molecule has 0 aromatic rings. The second kappa shape index (κ2) is 8.51. The fourth-order valence-corrected chi connectivity index (χ4v) is 1.91. The molecule has 0 spiro atoms. The number of carbonyl (C=O) groups is 1. The number of amides is 1. The van der Waals surface area contributed by atoms with Crippen LogP contribution in [0, 0.1) is 11.8 Å². The molecule has 102 valence electrons. The van der Waals surface area contributed by atoms with Crippen LogP contribution in [0.2, 0.25) is 0 Å². The molecule has 0 saturated carbocycles. The van der Waals surface area contributed by atoms with E-state index < -0.39 is 0 Å². The highest BCUT2D eigenvalue weighted by Crippen LogP contribution is 2.04. The molecule has 0 fully saturated rings. The van der Waals surface area contributed by atoms with Crippen LogP contribution in [0.3, 0.4) is 0 Å². The van der Waals surface area contributed by atoms with Crippen molar-refractivity contribution >= 4 is 5.91 Å². The maximum Gasteiger partial charge on any atom is 0.236 e. The van der Waals surface area contributed by atoms with Crippen molar-refractivity contribution in [3.8, 4) is 0 Å². The van der Waals surface area contributed by atoms with Gasteiger partial charge in [-0.25, -0.2) is 0 Å². The van der Waals surface area contributed by atoms with E-state index in [9.17, 15) is 4.79 Å². The van der Waals surface area contributed by atoms with Gasteiger partial charge in [-0.3, -0.25) is 4.79 Å². The summed E-state index contributed by atoms with van der Waals surface area (Å²) < 4.78 is 0. The fourth-order valence-electron chi connectivity index (χ4n) is 1.91. The van der Waals surface area contributed by atoms with Gasteiger partial charge in [-0.15, -0.1) is 0 Å². The zero-order chi connectivity index (χ0) is 13.4. The molecule has 0 aliphatic carbocycles. The lowest BCUT2D eigenvalue weighted by Crippen LogP contribution is -2.46. The topological polar surface area (TPSA) is 41.1 Å². The summed E-state index contributed by atoms with van der Waals surface area (Å²) in [7, 11) is 0. The van der Waals surface area contributed by atoms with Gasteiger partial charge in [0.25, 0.3) is 0 Å². The van der Waals surface area contributed by atoms with Crippen molar-refractivity contribution in [2.24, 2.45) is 11.8 Å². The predicted octanol–water partition coefficient (Wildman–Crippen LogP) is 2.56. The molecule has 0 aromatic heterocycles. The molecule has 0 rings (SSSR count). The van der Waals surface area contributed by atoms with Crippen molar-refractivity contribution in [3.05, 3.63) is 0 Å². The Hall–Kier alpha value is -0.570. The maximum atomic E-state index is 11.8. The van der Waals surface area contributed by atoms with Gasteiger partial charge in [0.2, 0.25) is 5.91 Å². The summed E-state index contributed by atoms with van der Waals surface area (Å²) in [6.07, 6.45) is 2.14. The number of nitrogens with one attached hydrogen (secondary N) is 2. The van der Waals surface area contributed by atoms with E-state index in [2.05, 4.69) is 45.3 Å². The average molecular weight is 242 g/mol. The van der Waals surface area contributed by atoms with E-state index in [-0.39, 0.29) is 11.9 Å². The molecule has 1 amide bonds. The van der Waals surface area contributed by atoms with E-state index in [1.807, 2.05) is 6.92 Å². The number of hydrogen-bond donors (Lipinski definition) is 2. The lowest BCUT2D eigenvalue weighted by molar-refractivity contribution is -0.123. The number of rotatable bonds is 8. The third-order valence-corrected chi connectivity index (χ3v) is 2.77. The van der Waals surface area contributed by atoms with Crippen LogP contribution >= 0.6 is 0 Å². The molecule has 0 bridgehead atoms. The maximum absolute atomic E-state index is 11.8. The SMILES string of the molecule is CC(C)CCNC(=O)C(C)NC(C)CC(C)C. The van der Waals surface area contributed by atoms with E-state index in [0.29, 0.717) is 17.9 Å². The average Bonchev–Trinajstić information content (AvgIpc) is 2.15. The summed E-state index contributed by atoms with van der Waals surface area (Å²) in [6, 6.07) is 0.289. The van der Waals surface area contributed by atoms with Crippen LogP contribution in [0.15, 0.2) is 0 Å². The first-order valence-corrected chi connectivity index (χ1v) is 6.86. The summed E-state index contributed by atoms with van der Waals surface area (Å²) in [5.74, 6) is 1.41. The summed E-state index contributed by atoms with van der Waals surface area (Å²) in [6.45, 7) is 13.6. The Labute approximate surface area is 107 Å². The van der Waals surface area contributed by atoms with Gasteiger partial charge in [-0.2, -0.15) is 0 Å². The molecule has 2 N–H and O–H groups in total. The van der Waals surface area contributed by atoms with Crippen molar-refractivity contribution < 1.29 is 4.79 Å². The van der Waals surface area contributed by atoms with Crippen molar-refractivity contribution in [1.82, 2.24) is 10.6 Å². The second-order valence-electron chi connectivity index (χ2n) is 5.89. The minimum atomic E-state index is -0.101. The Kier molecular flexibility index (Phi) is 8.23. The minimum absolute atomic E-state index is 0.101. The molecular weight excluding hydrogens is 212 g/mol. The third kappa shape index (κ3) is 9.16. The smallest absolute Gasteiger partial charge is 0.236 e. The van der Waals surface area contributed by atoms with Crippen molar-refractivity contribution in [1.29, 1.82) is 0 Å². The summed E-state index contributed by atoms with van der Waals surface area (Å²) >= 11 is 0. The van der Waals surface area contributed by atoms with Crippen LogP contribution in [-0.2, 0) is 4.79 Å². The van der Waals surface area contributed by atoms with Crippen molar-refractivity contribution in [3.63, 3.8) is 0 Å². The summed E-state index contributed by atoms with van der Waals surface area (Å²) in [5, 5.41) is 6.31. The largest absolute Gasteiger partial charge is 0.355 e. The predicted molar refractivity (Wildman–Crippen MR) is 74.0 cm³/mol. The molecule has 2 unspecified atom stereocenters. The second-order valence-corrected chi connectivity index (χ2v) is 5.89. The molecule has 0 heterocycles. The number of carbonyl (C=O) groups excluding carboxylic acids is 1. The van der Waals surface area contributed by atoms with Crippen molar-refractivity contribution in [2.75, 3.05) is 6.54 Å². The highest BCUT2D eigenvalue weighted by Gasteiger charge is 2.15. The molecule has 0 aliphatic heterocycles. The molecule has 2 atom stereocenters. The molecule has 0 saturated heterocycles.